The Morgan fingerprint density at radius 3 is 2.65 bits per heavy atom. The summed E-state index contributed by atoms with van der Waals surface area (Å²) in [6.45, 7) is 5.92. The number of halogens is 1. The number of likely N-dealkylation sites (tertiary alicyclic amines) is 1. The number of nitrogens with one attached hydrogen (secondary N) is 1. The standard InChI is InChI=1S/C13H26N2O.ClH/c1-11(2)9-12-7-5-4-6-8-15(12)13(16)10-14-3;/h11-12,14H,4-10H2,1-3H3;1H. The fourth-order valence-electron chi connectivity index (χ4n) is 2.55. The van der Waals surface area contributed by atoms with Crippen molar-refractivity contribution in [3.8, 4) is 0 Å². The Balaban J connectivity index is 0.00000256. The number of amides is 1. The van der Waals surface area contributed by atoms with Crippen molar-refractivity contribution in [2.45, 2.75) is 52.0 Å². The van der Waals surface area contributed by atoms with Crippen molar-refractivity contribution in [1.82, 2.24) is 10.2 Å². The summed E-state index contributed by atoms with van der Waals surface area (Å²) in [6, 6.07) is 0.475. The van der Waals surface area contributed by atoms with Crippen LogP contribution in [0.4, 0.5) is 0 Å². The van der Waals surface area contributed by atoms with Crippen LogP contribution in [0.3, 0.4) is 0 Å². The molecule has 1 unspecified atom stereocenters. The van der Waals surface area contributed by atoms with Gasteiger partial charge in [-0.15, -0.1) is 12.4 Å². The van der Waals surface area contributed by atoms with Crippen molar-refractivity contribution in [2.75, 3.05) is 20.1 Å². The van der Waals surface area contributed by atoms with Crippen molar-refractivity contribution in [2.24, 2.45) is 5.92 Å². The second-order valence-corrected chi connectivity index (χ2v) is 5.25. The molecule has 0 saturated carbocycles. The summed E-state index contributed by atoms with van der Waals surface area (Å²) >= 11 is 0. The van der Waals surface area contributed by atoms with E-state index < -0.39 is 0 Å². The van der Waals surface area contributed by atoms with E-state index in [1.54, 1.807) is 0 Å². The molecule has 1 aliphatic rings. The maximum atomic E-state index is 12.0. The third kappa shape index (κ3) is 5.73. The number of hydrogen-bond acceptors (Lipinski definition) is 2. The average Bonchev–Trinajstić information content (AvgIpc) is 2.43. The molecule has 0 aromatic carbocycles. The van der Waals surface area contributed by atoms with Gasteiger partial charge < -0.3 is 10.2 Å². The zero-order valence-electron chi connectivity index (χ0n) is 11.4. The molecule has 1 atom stereocenters. The molecule has 17 heavy (non-hydrogen) atoms. The highest BCUT2D eigenvalue weighted by atomic mass is 35.5. The molecule has 1 rings (SSSR count). The second kappa shape index (κ2) is 8.76. The molecule has 0 aromatic heterocycles. The number of carbonyl (C=O) groups is 1. The highest BCUT2D eigenvalue weighted by molar-refractivity contribution is 5.85. The van der Waals surface area contributed by atoms with Crippen LogP contribution in [0.1, 0.15) is 46.0 Å². The van der Waals surface area contributed by atoms with Crippen LogP contribution in [0.2, 0.25) is 0 Å². The van der Waals surface area contributed by atoms with Gasteiger partial charge in [-0.2, -0.15) is 0 Å². The zero-order valence-corrected chi connectivity index (χ0v) is 12.2. The molecule has 0 spiro atoms. The summed E-state index contributed by atoms with van der Waals surface area (Å²) in [7, 11) is 1.84. The lowest BCUT2D eigenvalue weighted by atomic mass is 9.99. The fourth-order valence-corrected chi connectivity index (χ4v) is 2.55. The van der Waals surface area contributed by atoms with E-state index in [1.165, 1.54) is 25.7 Å². The molecule has 0 bridgehead atoms. The molecule has 1 amide bonds. The van der Waals surface area contributed by atoms with Gasteiger partial charge in [0.1, 0.15) is 0 Å². The summed E-state index contributed by atoms with van der Waals surface area (Å²) in [5, 5.41) is 2.97. The Kier molecular flexibility index (Phi) is 8.61. The van der Waals surface area contributed by atoms with Crippen LogP contribution < -0.4 is 5.32 Å². The zero-order chi connectivity index (χ0) is 12.0. The molecule has 1 fully saturated rings. The van der Waals surface area contributed by atoms with E-state index in [1.807, 2.05) is 7.05 Å². The Bertz CT molecular complexity index is 221. The van der Waals surface area contributed by atoms with Crippen LogP contribution in [0, 0.1) is 5.92 Å². The monoisotopic (exact) mass is 262 g/mol. The first-order valence-electron chi connectivity index (χ1n) is 6.59. The van der Waals surface area contributed by atoms with Crippen molar-refractivity contribution in [3.63, 3.8) is 0 Å². The van der Waals surface area contributed by atoms with E-state index in [0.717, 1.165) is 13.0 Å². The van der Waals surface area contributed by atoms with Gasteiger partial charge in [-0.25, -0.2) is 0 Å². The highest BCUT2D eigenvalue weighted by Crippen LogP contribution is 2.22. The number of likely N-dealkylation sites (N-methyl/N-ethyl adjacent to an activating group) is 1. The predicted molar refractivity (Wildman–Crippen MR) is 74.6 cm³/mol. The molecule has 4 heteroatoms. The van der Waals surface area contributed by atoms with Gasteiger partial charge in [-0.05, 0) is 32.2 Å². The van der Waals surface area contributed by atoms with Gasteiger partial charge in [-0.1, -0.05) is 26.7 Å². The molecule has 1 heterocycles. The minimum Gasteiger partial charge on any atom is -0.339 e. The summed E-state index contributed by atoms with van der Waals surface area (Å²) < 4.78 is 0. The van der Waals surface area contributed by atoms with Gasteiger partial charge in [0.25, 0.3) is 0 Å². The molecule has 3 nitrogen and oxygen atoms in total. The number of rotatable bonds is 4. The first-order chi connectivity index (χ1) is 7.65. The first kappa shape index (κ1) is 16.7. The predicted octanol–water partition coefficient (Wildman–Crippen LogP) is 2.44. The molecule has 0 radical (unpaired) electrons. The van der Waals surface area contributed by atoms with Gasteiger partial charge in [0.15, 0.2) is 0 Å². The van der Waals surface area contributed by atoms with E-state index in [4.69, 9.17) is 0 Å². The van der Waals surface area contributed by atoms with Crippen molar-refractivity contribution >= 4 is 18.3 Å². The molecular weight excluding hydrogens is 236 g/mol. The van der Waals surface area contributed by atoms with Gasteiger partial charge in [0.05, 0.1) is 6.54 Å². The van der Waals surface area contributed by atoms with Crippen LogP contribution >= 0.6 is 12.4 Å². The third-order valence-corrected chi connectivity index (χ3v) is 3.27. The smallest absolute Gasteiger partial charge is 0.236 e. The second-order valence-electron chi connectivity index (χ2n) is 5.25. The van der Waals surface area contributed by atoms with Gasteiger partial charge in [0, 0.05) is 12.6 Å². The van der Waals surface area contributed by atoms with Crippen LogP contribution in [-0.4, -0.2) is 37.0 Å². The Morgan fingerprint density at radius 2 is 2.06 bits per heavy atom. The van der Waals surface area contributed by atoms with Gasteiger partial charge in [-0.3, -0.25) is 4.79 Å². The third-order valence-electron chi connectivity index (χ3n) is 3.27. The van der Waals surface area contributed by atoms with Crippen LogP contribution in [0.5, 0.6) is 0 Å². The van der Waals surface area contributed by atoms with Crippen LogP contribution in [0.25, 0.3) is 0 Å². The lowest BCUT2D eigenvalue weighted by molar-refractivity contribution is -0.132. The number of hydrogen-bond donors (Lipinski definition) is 1. The Labute approximate surface area is 112 Å². The fraction of sp³-hybridized carbons (Fsp3) is 0.923. The van der Waals surface area contributed by atoms with Crippen LogP contribution in [-0.2, 0) is 4.79 Å². The Hall–Kier alpha value is -0.280. The largest absolute Gasteiger partial charge is 0.339 e. The highest BCUT2D eigenvalue weighted by Gasteiger charge is 2.25. The van der Waals surface area contributed by atoms with Crippen molar-refractivity contribution < 1.29 is 4.79 Å². The summed E-state index contributed by atoms with van der Waals surface area (Å²) in [6.07, 6.45) is 6.06. The first-order valence-corrected chi connectivity index (χ1v) is 6.59. The summed E-state index contributed by atoms with van der Waals surface area (Å²) in [5.41, 5.74) is 0. The Morgan fingerprint density at radius 1 is 1.35 bits per heavy atom. The molecule has 0 aliphatic carbocycles. The maximum Gasteiger partial charge on any atom is 0.236 e. The molecular formula is C13H27ClN2O. The van der Waals surface area contributed by atoms with Gasteiger partial charge in [0.2, 0.25) is 5.91 Å². The molecule has 0 aromatic rings. The minimum atomic E-state index is 0. The molecule has 1 aliphatic heterocycles. The van der Waals surface area contributed by atoms with E-state index >= 15 is 0 Å². The maximum absolute atomic E-state index is 12.0. The number of nitrogens with zero attached hydrogens (tertiary/aromatic N) is 1. The summed E-state index contributed by atoms with van der Waals surface area (Å²) in [5.74, 6) is 0.947. The quantitative estimate of drug-likeness (QED) is 0.844. The van der Waals surface area contributed by atoms with Crippen LogP contribution in [0.15, 0.2) is 0 Å². The molecule has 1 N–H and O–H groups in total. The lowest BCUT2D eigenvalue weighted by Crippen LogP contribution is -2.44. The van der Waals surface area contributed by atoms with E-state index in [0.29, 0.717) is 18.5 Å². The van der Waals surface area contributed by atoms with E-state index in [9.17, 15) is 4.79 Å². The molecule has 1 saturated heterocycles. The van der Waals surface area contributed by atoms with Crippen molar-refractivity contribution in [1.29, 1.82) is 0 Å². The molecule has 102 valence electrons. The number of carbonyl (C=O) groups excluding carboxylic acids is 1. The SMILES string of the molecule is CNCC(=O)N1CCCCCC1CC(C)C.Cl. The summed E-state index contributed by atoms with van der Waals surface area (Å²) in [4.78, 5) is 14.1. The van der Waals surface area contributed by atoms with E-state index in [-0.39, 0.29) is 18.3 Å². The minimum absolute atomic E-state index is 0. The van der Waals surface area contributed by atoms with Gasteiger partial charge >= 0.3 is 0 Å². The normalized spacial score (nSPS) is 20.9. The van der Waals surface area contributed by atoms with Crippen molar-refractivity contribution in [3.05, 3.63) is 0 Å². The lowest BCUT2D eigenvalue weighted by Gasteiger charge is -2.31. The topological polar surface area (TPSA) is 32.3 Å². The average molecular weight is 263 g/mol. The van der Waals surface area contributed by atoms with E-state index in [2.05, 4.69) is 24.1 Å².